The molecule has 0 spiro atoms. The van der Waals surface area contributed by atoms with Gasteiger partial charge in [-0.25, -0.2) is 0 Å². The van der Waals surface area contributed by atoms with Crippen LogP contribution in [0.15, 0.2) is 66.4 Å². The number of allylic oxidation sites excluding steroid dienone is 2. The molecule has 0 aromatic heterocycles. The molecule has 0 aliphatic carbocycles. The summed E-state index contributed by atoms with van der Waals surface area (Å²) < 4.78 is 11.7. The minimum Gasteiger partial charge on any atom is -0.494 e. The molecule has 0 unspecified atom stereocenters. The lowest BCUT2D eigenvalue weighted by atomic mass is 10.0. The van der Waals surface area contributed by atoms with Crippen LogP contribution < -0.4 is 20.1 Å². The fourth-order valence-corrected chi connectivity index (χ4v) is 3.42. The van der Waals surface area contributed by atoms with Crippen LogP contribution in [0.5, 0.6) is 11.5 Å². The van der Waals surface area contributed by atoms with E-state index in [2.05, 4.69) is 22.8 Å². The van der Waals surface area contributed by atoms with Crippen LogP contribution in [0.3, 0.4) is 0 Å². The van der Waals surface area contributed by atoms with Gasteiger partial charge < -0.3 is 14.8 Å². The molecule has 0 fully saturated rings. The van der Waals surface area contributed by atoms with Crippen molar-refractivity contribution < 1.29 is 19.1 Å². The van der Waals surface area contributed by atoms with Gasteiger partial charge in [0.2, 0.25) is 0 Å². The highest BCUT2D eigenvalue weighted by Crippen LogP contribution is 2.29. The van der Waals surface area contributed by atoms with Crippen LogP contribution in [-0.2, 0) is 9.59 Å². The van der Waals surface area contributed by atoms with Gasteiger partial charge in [0.05, 0.1) is 18.8 Å². The molecule has 0 radical (unpaired) electrons. The average molecular weight is 404 g/mol. The monoisotopic (exact) mass is 404 g/mol. The summed E-state index contributed by atoms with van der Waals surface area (Å²) >= 11 is 0. The number of carbonyl (C=O) groups is 2. The zero-order chi connectivity index (χ0) is 20.8. The number of ether oxygens (including phenoxy) is 2. The zero-order valence-electron chi connectivity index (χ0n) is 16.6. The predicted molar refractivity (Wildman–Crippen MR) is 115 cm³/mol. The second-order valence-corrected chi connectivity index (χ2v) is 7.17. The van der Waals surface area contributed by atoms with Crippen molar-refractivity contribution in [1.82, 2.24) is 5.32 Å². The van der Waals surface area contributed by atoms with E-state index in [1.54, 1.807) is 12.1 Å². The molecule has 4 rings (SSSR count). The Labute approximate surface area is 175 Å². The number of anilines is 1. The van der Waals surface area contributed by atoms with E-state index in [4.69, 9.17) is 9.47 Å². The quantitative estimate of drug-likeness (QED) is 0.512. The molecule has 2 aromatic rings. The molecule has 2 aliphatic rings. The molecule has 2 N–H and O–H groups in total. The normalized spacial score (nSPS) is 18.5. The van der Waals surface area contributed by atoms with Crippen LogP contribution >= 0.6 is 0 Å². The largest absolute Gasteiger partial charge is 0.494 e. The Kier molecular flexibility index (Phi) is 6.13. The van der Waals surface area contributed by atoms with Crippen LogP contribution in [0.2, 0.25) is 0 Å². The summed E-state index contributed by atoms with van der Waals surface area (Å²) in [6.45, 7) is 1.19. The highest BCUT2D eigenvalue weighted by Gasteiger charge is 2.31. The molecule has 0 saturated heterocycles. The first-order valence-corrected chi connectivity index (χ1v) is 10.2. The molecule has 154 valence electrons. The Balaban J connectivity index is 1.69. The van der Waals surface area contributed by atoms with Gasteiger partial charge in [0.25, 0.3) is 11.8 Å². The maximum Gasteiger partial charge on any atom is 0.275 e. The van der Waals surface area contributed by atoms with E-state index in [-0.39, 0.29) is 5.70 Å². The highest BCUT2D eigenvalue weighted by atomic mass is 16.5. The molecule has 2 aliphatic heterocycles. The number of rotatable bonds is 0. The van der Waals surface area contributed by atoms with Gasteiger partial charge in [-0.1, -0.05) is 30.4 Å². The topological polar surface area (TPSA) is 76.7 Å². The number of hydrogen-bond donors (Lipinski definition) is 2. The van der Waals surface area contributed by atoms with Gasteiger partial charge in [0, 0.05) is 11.8 Å². The Hall–Kier alpha value is -3.54. The fraction of sp³-hybridized carbons (Fsp3) is 0.250. The first kappa shape index (κ1) is 19.8. The Morgan fingerprint density at radius 2 is 1.40 bits per heavy atom. The van der Waals surface area contributed by atoms with Crippen molar-refractivity contribution in [3.63, 3.8) is 0 Å². The average Bonchev–Trinajstić information content (AvgIpc) is 3.02. The molecule has 0 atom stereocenters. The van der Waals surface area contributed by atoms with Crippen molar-refractivity contribution in [2.24, 2.45) is 0 Å². The van der Waals surface area contributed by atoms with Crippen molar-refractivity contribution in [2.45, 2.75) is 25.7 Å². The maximum absolute atomic E-state index is 12.5. The minimum atomic E-state index is -0.454. The molecular weight excluding hydrogens is 380 g/mol. The van der Waals surface area contributed by atoms with Crippen LogP contribution in [0, 0.1) is 0 Å². The minimum absolute atomic E-state index is 0.219. The fourth-order valence-electron chi connectivity index (χ4n) is 3.42. The van der Waals surface area contributed by atoms with Gasteiger partial charge >= 0.3 is 0 Å². The molecule has 6 heteroatoms. The number of amides is 2. The number of fused-ring (bicyclic) bond motifs is 5. The third kappa shape index (κ3) is 4.71. The number of imide groups is 1. The van der Waals surface area contributed by atoms with Crippen molar-refractivity contribution in [2.75, 3.05) is 18.5 Å². The molecule has 2 heterocycles. The molecule has 0 saturated carbocycles. The summed E-state index contributed by atoms with van der Waals surface area (Å²) in [7, 11) is 0. The second-order valence-electron chi connectivity index (χ2n) is 7.17. The van der Waals surface area contributed by atoms with Gasteiger partial charge in [-0.05, 0) is 55.5 Å². The van der Waals surface area contributed by atoms with Gasteiger partial charge in [0.1, 0.15) is 17.2 Å². The summed E-state index contributed by atoms with van der Waals surface area (Å²) in [6.07, 6.45) is 8.07. The third-order valence-electron chi connectivity index (χ3n) is 4.89. The van der Waals surface area contributed by atoms with E-state index in [0.29, 0.717) is 41.5 Å². The van der Waals surface area contributed by atoms with Crippen molar-refractivity contribution in [3.05, 3.63) is 71.9 Å². The molecule has 4 bridgehead atoms. The summed E-state index contributed by atoms with van der Waals surface area (Å²) in [5.74, 6) is 0.501. The summed E-state index contributed by atoms with van der Waals surface area (Å²) in [5.41, 5.74) is 1.83. The number of benzene rings is 2. The van der Waals surface area contributed by atoms with E-state index in [1.165, 1.54) is 0 Å². The molecule has 2 aromatic carbocycles. The Morgan fingerprint density at radius 3 is 2.13 bits per heavy atom. The lowest BCUT2D eigenvalue weighted by molar-refractivity contribution is -0.123. The zero-order valence-corrected chi connectivity index (χ0v) is 16.6. The number of carbonyl (C=O) groups excluding carboxylic acids is 2. The lowest BCUT2D eigenvalue weighted by Gasteiger charge is -2.11. The first-order valence-electron chi connectivity index (χ1n) is 10.2. The smallest absolute Gasteiger partial charge is 0.275 e. The van der Waals surface area contributed by atoms with Crippen molar-refractivity contribution >= 4 is 23.1 Å². The standard InChI is InChI=1S/C24H24N2O4/c27-23-21-17-9-7-11-19(15-17)29-13-5-3-1-2-4-6-14-30-20-12-8-10-18(16-20)25-22(21)24(28)26-23/h1-2,7-12,15-16,25H,3-6,13-14H2,(H,26,27,28)/b2-1-. The SMILES string of the molecule is O=C1NC(=O)C2=C1Nc1cccc(c1)OCCC/C=C\CCCOc1cccc2c1. The number of nitrogens with one attached hydrogen (secondary N) is 2. The van der Waals surface area contributed by atoms with E-state index < -0.39 is 11.8 Å². The van der Waals surface area contributed by atoms with Crippen molar-refractivity contribution in [1.29, 1.82) is 0 Å². The van der Waals surface area contributed by atoms with Gasteiger partial charge in [-0.2, -0.15) is 0 Å². The van der Waals surface area contributed by atoms with Gasteiger partial charge in [-0.3, -0.25) is 14.9 Å². The van der Waals surface area contributed by atoms with E-state index >= 15 is 0 Å². The lowest BCUT2D eigenvalue weighted by Crippen LogP contribution is -2.24. The van der Waals surface area contributed by atoms with E-state index in [0.717, 1.165) is 25.7 Å². The third-order valence-corrected chi connectivity index (χ3v) is 4.89. The maximum atomic E-state index is 12.5. The molecular formula is C24H24N2O4. The Bertz CT molecular complexity index is 1010. The predicted octanol–water partition coefficient (Wildman–Crippen LogP) is 4.05. The van der Waals surface area contributed by atoms with Crippen LogP contribution in [0.4, 0.5) is 5.69 Å². The van der Waals surface area contributed by atoms with Crippen LogP contribution in [-0.4, -0.2) is 25.0 Å². The summed E-state index contributed by atoms with van der Waals surface area (Å²) in [6, 6.07) is 14.6. The van der Waals surface area contributed by atoms with Gasteiger partial charge in [0.15, 0.2) is 0 Å². The molecule has 30 heavy (non-hydrogen) atoms. The van der Waals surface area contributed by atoms with Crippen LogP contribution in [0.25, 0.3) is 5.57 Å². The Morgan fingerprint density at radius 1 is 0.733 bits per heavy atom. The van der Waals surface area contributed by atoms with Crippen molar-refractivity contribution in [3.8, 4) is 11.5 Å². The van der Waals surface area contributed by atoms with Gasteiger partial charge in [-0.15, -0.1) is 0 Å². The summed E-state index contributed by atoms with van der Waals surface area (Å²) in [4.78, 5) is 25.0. The number of hydrogen-bond acceptors (Lipinski definition) is 5. The first-order chi connectivity index (χ1) is 14.7. The van der Waals surface area contributed by atoms with E-state index in [1.807, 2.05) is 36.4 Å². The summed E-state index contributed by atoms with van der Waals surface area (Å²) in [5, 5.41) is 5.48. The molecule has 2 amide bonds. The second kappa shape index (κ2) is 9.31. The molecule has 6 nitrogen and oxygen atoms in total. The highest BCUT2D eigenvalue weighted by molar-refractivity contribution is 6.36. The van der Waals surface area contributed by atoms with E-state index in [9.17, 15) is 9.59 Å². The van der Waals surface area contributed by atoms with Crippen LogP contribution in [0.1, 0.15) is 31.2 Å².